The second kappa shape index (κ2) is 5.04. The number of H-pyrrole nitrogens is 1. The highest BCUT2D eigenvalue weighted by Gasteiger charge is 2.13. The summed E-state index contributed by atoms with van der Waals surface area (Å²) in [6.07, 6.45) is 3.54. The Morgan fingerprint density at radius 1 is 1.45 bits per heavy atom. The lowest BCUT2D eigenvalue weighted by Gasteiger charge is -2.04. The number of anilines is 1. The molecule has 0 aliphatic heterocycles. The van der Waals surface area contributed by atoms with Crippen LogP contribution in [0.1, 0.15) is 10.5 Å². The van der Waals surface area contributed by atoms with Crippen molar-refractivity contribution in [2.24, 2.45) is 0 Å². The van der Waals surface area contributed by atoms with Gasteiger partial charge in [0.05, 0.1) is 12.1 Å². The minimum Gasteiger partial charge on any atom is -0.399 e. The van der Waals surface area contributed by atoms with Crippen LogP contribution in [-0.4, -0.2) is 32.4 Å². The predicted octanol–water partition coefficient (Wildman–Crippen LogP) is 0.772. The molecule has 102 valence electrons. The molecule has 1 amide bonds. The molecule has 2 heterocycles. The van der Waals surface area contributed by atoms with Crippen molar-refractivity contribution in [3.8, 4) is 0 Å². The van der Waals surface area contributed by atoms with Gasteiger partial charge >= 0.3 is 0 Å². The maximum Gasteiger partial charge on any atom is 0.272 e. The summed E-state index contributed by atoms with van der Waals surface area (Å²) in [6.45, 7) is 1.10. The number of hydrogen-bond donors (Lipinski definition) is 3. The van der Waals surface area contributed by atoms with Crippen molar-refractivity contribution in [1.82, 2.24) is 25.3 Å². The molecule has 0 bridgehead atoms. The van der Waals surface area contributed by atoms with Crippen molar-refractivity contribution in [3.63, 3.8) is 0 Å². The number of carbonyl (C=O) groups excluding carboxylic acids is 1. The Balaban J connectivity index is 1.70. The Kier molecular flexibility index (Phi) is 3.08. The van der Waals surface area contributed by atoms with Crippen molar-refractivity contribution in [1.29, 1.82) is 0 Å². The number of aromatic amines is 1. The van der Waals surface area contributed by atoms with Gasteiger partial charge in [-0.1, -0.05) is 0 Å². The van der Waals surface area contributed by atoms with Gasteiger partial charge in [0, 0.05) is 30.0 Å². The number of aromatic nitrogens is 4. The Hall–Kier alpha value is -2.83. The quantitative estimate of drug-likeness (QED) is 0.609. The highest BCUT2D eigenvalue weighted by molar-refractivity contribution is 6.05. The zero-order chi connectivity index (χ0) is 13.9. The number of carbonyl (C=O) groups is 1. The van der Waals surface area contributed by atoms with E-state index in [0.29, 0.717) is 24.5 Å². The van der Waals surface area contributed by atoms with E-state index in [-0.39, 0.29) is 5.91 Å². The van der Waals surface area contributed by atoms with Crippen LogP contribution in [0.15, 0.2) is 36.7 Å². The lowest BCUT2D eigenvalue weighted by atomic mass is 10.2. The molecule has 0 aliphatic carbocycles. The maximum atomic E-state index is 12.1. The van der Waals surface area contributed by atoms with Gasteiger partial charge in [-0.05, 0) is 24.3 Å². The summed E-state index contributed by atoms with van der Waals surface area (Å²) in [5.41, 5.74) is 7.48. The smallest absolute Gasteiger partial charge is 0.272 e. The highest BCUT2D eigenvalue weighted by atomic mass is 16.1. The van der Waals surface area contributed by atoms with E-state index in [1.165, 1.54) is 0 Å². The minimum atomic E-state index is -0.228. The number of nitrogens with one attached hydrogen (secondary N) is 2. The molecular formula is C13H14N6O. The first kappa shape index (κ1) is 12.2. The van der Waals surface area contributed by atoms with Crippen molar-refractivity contribution in [2.45, 2.75) is 6.54 Å². The Labute approximate surface area is 114 Å². The monoisotopic (exact) mass is 270 g/mol. The van der Waals surface area contributed by atoms with Crippen molar-refractivity contribution in [3.05, 3.63) is 42.4 Å². The number of nitrogens with two attached hydrogens (primary N) is 1. The van der Waals surface area contributed by atoms with E-state index in [1.807, 2.05) is 12.3 Å². The molecule has 2 aromatic heterocycles. The maximum absolute atomic E-state index is 12.1. The fraction of sp³-hybridized carbons (Fsp3) is 0.154. The van der Waals surface area contributed by atoms with Crippen LogP contribution in [0.25, 0.3) is 10.9 Å². The SMILES string of the molecule is Nc1ccc2[nH]nc(C(=O)NCCn3cccn3)c2c1. The number of amides is 1. The standard InChI is InChI=1S/C13H14N6O/c14-9-2-3-11-10(8-9)12(18-17-11)13(20)15-5-7-19-6-1-4-16-19/h1-4,6,8H,5,7,14H2,(H,15,20)(H,17,18). The van der Waals surface area contributed by atoms with Gasteiger partial charge < -0.3 is 11.1 Å². The summed E-state index contributed by atoms with van der Waals surface area (Å²) < 4.78 is 1.75. The van der Waals surface area contributed by atoms with E-state index in [4.69, 9.17) is 5.73 Å². The fourth-order valence-corrected chi connectivity index (χ4v) is 2.01. The van der Waals surface area contributed by atoms with Crippen LogP contribution in [0.5, 0.6) is 0 Å². The van der Waals surface area contributed by atoms with Crippen LogP contribution in [-0.2, 0) is 6.54 Å². The molecule has 3 rings (SSSR count). The molecular weight excluding hydrogens is 256 g/mol. The first-order valence-electron chi connectivity index (χ1n) is 6.23. The van der Waals surface area contributed by atoms with Crippen molar-refractivity contribution in [2.75, 3.05) is 12.3 Å². The number of rotatable bonds is 4. The van der Waals surface area contributed by atoms with Gasteiger partial charge in [-0.15, -0.1) is 0 Å². The third-order valence-corrected chi connectivity index (χ3v) is 2.99. The Bertz CT molecular complexity index is 730. The molecule has 0 saturated carbocycles. The first-order chi connectivity index (χ1) is 9.74. The second-order valence-electron chi connectivity index (χ2n) is 4.40. The normalized spacial score (nSPS) is 10.8. The topological polar surface area (TPSA) is 102 Å². The van der Waals surface area contributed by atoms with Gasteiger partial charge in [0.25, 0.3) is 5.91 Å². The molecule has 3 aromatic rings. The molecule has 0 aliphatic rings. The van der Waals surface area contributed by atoms with Gasteiger partial charge in [0.15, 0.2) is 5.69 Å². The number of hydrogen-bond acceptors (Lipinski definition) is 4. The van der Waals surface area contributed by atoms with Crippen molar-refractivity contribution >= 4 is 22.5 Å². The molecule has 0 unspecified atom stereocenters. The molecule has 0 saturated heterocycles. The Morgan fingerprint density at radius 3 is 3.15 bits per heavy atom. The number of fused-ring (bicyclic) bond motifs is 1. The number of benzene rings is 1. The summed E-state index contributed by atoms with van der Waals surface area (Å²) >= 11 is 0. The van der Waals surface area contributed by atoms with Crippen molar-refractivity contribution < 1.29 is 4.79 Å². The second-order valence-corrected chi connectivity index (χ2v) is 4.40. The summed E-state index contributed by atoms with van der Waals surface area (Å²) in [6, 6.07) is 7.14. The third-order valence-electron chi connectivity index (χ3n) is 2.99. The largest absolute Gasteiger partial charge is 0.399 e. The van der Waals surface area contributed by atoms with Crippen LogP contribution in [0.4, 0.5) is 5.69 Å². The molecule has 20 heavy (non-hydrogen) atoms. The molecule has 0 spiro atoms. The third kappa shape index (κ3) is 2.33. The lowest BCUT2D eigenvalue weighted by molar-refractivity contribution is 0.0948. The van der Waals surface area contributed by atoms with E-state index in [9.17, 15) is 4.79 Å². The van der Waals surface area contributed by atoms with Gasteiger partial charge in [-0.2, -0.15) is 10.2 Å². The fourth-order valence-electron chi connectivity index (χ4n) is 2.01. The molecule has 7 nitrogen and oxygen atoms in total. The minimum absolute atomic E-state index is 0.228. The molecule has 1 aromatic carbocycles. The van der Waals surface area contributed by atoms with Crippen LogP contribution in [0, 0.1) is 0 Å². The lowest BCUT2D eigenvalue weighted by Crippen LogP contribution is -2.27. The molecule has 0 fully saturated rings. The summed E-state index contributed by atoms with van der Waals surface area (Å²) in [7, 11) is 0. The Morgan fingerprint density at radius 2 is 2.35 bits per heavy atom. The molecule has 0 atom stereocenters. The molecule has 4 N–H and O–H groups in total. The number of nitrogens with zero attached hydrogens (tertiary/aromatic N) is 3. The van der Waals surface area contributed by atoms with Crippen LogP contribution in [0.2, 0.25) is 0 Å². The summed E-state index contributed by atoms with van der Waals surface area (Å²) in [5, 5.41) is 14.5. The first-order valence-corrected chi connectivity index (χ1v) is 6.23. The van der Waals surface area contributed by atoms with Gasteiger partial charge in [0.2, 0.25) is 0 Å². The van der Waals surface area contributed by atoms with Gasteiger partial charge in [-0.25, -0.2) is 0 Å². The van der Waals surface area contributed by atoms with E-state index in [1.54, 1.807) is 29.1 Å². The highest BCUT2D eigenvalue weighted by Crippen LogP contribution is 2.18. The van der Waals surface area contributed by atoms with Crippen LogP contribution < -0.4 is 11.1 Å². The van der Waals surface area contributed by atoms with Gasteiger partial charge in [0.1, 0.15) is 0 Å². The summed E-state index contributed by atoms with van der Waals surface area (Å²) in [4.78, 5) is 12.1. The molecule has 7 heteroatoms. The van der Waals surface area contributed by atoms with E-state index >= 15 is 0 Å². The van der Waals surface area contributed by atoms with Gasteiger partial charge in [-0.3, -0.25) is 14.6 Å². The van der Waals surface area contributed by atoms with E-state index in [0.717, 1.165) is 10.9 Å². The number of nitrogen functional groups attached to an aromatic ring is 1. The van der Waals surface area contributed by atoms with Crippen LogP contribution in [0.3, 0.4) is 0 Å². The molecule has 0 radical (unpaired) electrons. The predicted molar refractivity (Wildman–Crippen MR) is 75.1 cm³/mol. The van der Waals surface area contributed by atoms with E-state index in [2.05, 4.69) is 20.6 Å². The van der Waals surface area contributed by atoms with Crippen LogP contribution >= 0.6 is 0 Å². The summed E-state index contributed by atoms with van der Waals surface area (Å²) in [5.74, 6) is -0.228. The zero-order valence-corrected chi connectivity index (χ0v) is 10.7. The average Bonchev–Trinajstić information content (AvgIpc) is 3.07. The average molecular weight is 270 g/mol. The zero-order valence-electron chi connectivity index (χ0n) is 10.7. The van der Waals surface area contributed by atoms with E-state index < -0.39 is 0 Å².